The van der Waals surface area contributed by atoms with Gasteiger partial charge in [-0.05, 0) is 31.4 Å². The Bertz CT molecular complexity index is 353. The number of carbonyl (C=O) groups excluding carboxylic acids is 1. The van der Waals surface area contributed by atoms with Gasteiger partial charge in [0.1, 0.15) is 6.29 Å². The van der Waals surface area contributed by atoms with Crippen LogP contribution in [-0.4, -0.2) is 6.29 Å². The minimum atomic E-state index is -0.204. The van der Waals surface area contributed by atoms with E-state index in [4.69, 9.17) is 5.73 Å². The van der Waals surface area contributed by atoms with Crippen LogP contribution in [-0.2, 0) is 5.54 Å². The van der Waals surface area contributed by atoms with Crippen molar-refractivity contribution < 1.29 is 4.79 Å². The van der Waals surface area contributed by atoms with Crippen molar-refractivity contribution in [1.29, 1.82) is 0 Å². The average Bonchev–Trinajstić information content (AvgIpc) is 2.84. The SMILES string of the molecule is Cc1ccc(C2(N)CC2)c(C=O)c1. The van der Waals surface area contributed by atoms with Crippen LogP contribution in [0.3, 0.4) is 0 Å². The molecule has 2 N–H and O–H groups in total. The molecule has 0 aromatic heterocycles. The highest BCUT2D eigenvalue weighted by atomic mass is 16.1. The van der Waals surface area contributed by atoms with E-state index in [9.17, 15) is 4.79 Å². The molecule has 13 heavy (non-hydrogen) atoms. The smallest absolute Gasteiger partial charge is 0.150 e. The third-order valence-corrected chi connectivity index (χ3v) is 2.66. The van der Waals surface area contributed by atoms with E-state index < -0.39 is 0 Å². The summed E-state index contributed by atoms with van der Waals surface area (Å²) in [6.45, 7) is 1.98. The van der Waals surface area contributed by atoms with Crippen LogP contribution in [0.5, 0.6) is 0 Å². The number of nitrogens with two attached hydrogens (primary N) is 1. The summed E-state index contributed by atoms with van der Waals surface area (Å²) in [6.07, 6.45) is 2.89. The van der Waals surface area contributed by atoms with Crippen molar-refractivity contribution in [3.05, 3.63) is 34.9 Å². The number of aldehydes is 1. The quantitative estimate of drug-likeness (QED) is 0.696. The molecule has 0 heterocycles. The van der Waals surface area contributed by atoms with Crippen LogP contribution in [0.15, 0.2) is 18.2 Å². The molecule has 0 amide bonds. The molecule has 0 atom stereocenters. The summed E-state index contributed by atoms with van der Waals surface area (Å²) in [5.41, 5.74) is 8.70. The van der Waals surface area contributed by atoms with Crippen LogP contribution in [0.1, 0.15) is 34.3 Å². The van der Waals surface area contributed by atoms with E-state index in [2.05, 4.69) is 0 Å². The van der Waals surface area contributed by atoms with E-state index in [1.165, 1.54) is 0 Å². The highest BCUT2D eigenvalue weighted by Gasteiger charge is 2.41. The normalized spacial score (nSPS) is 18.3. The highest BCUT2D eigenvalue weighted by Crippen LogP contribution is 2.43. The average molecular weight is 175 g/mol. The van der Waals surface area contributed by atoms with Crippen molar-refractivity contribution in [2.45, 2.75) is 25.3 Å². The molecule has 0 saturated heterocycles. The van der Waals surface area contributed by atoms with Gasteiger partial charge in [-0.15, -0.1) is 0 Å². The van der Waals surface area contributed by atoms with Crippen molar-refractivity contribution in [2.24, 2.45) is 5.73 Å². The van der Waals surface area contributed by atoms with Gasteiger partial charge in [0.2, 0.25) is 0 Å². The highest BCUT2D eigenvalue weighted by molar-refractivity contribution is 5.78. The fourth-order valence-corrected chi connectivity index (χ4v) is 1.64. The first-order valence-electron chi connectivity index (χ1n) is 4.51. The molecule has 0 unspecified atom stereocenters. The lowest BCUT2D eigenvalue weighted by atomic mass is 9.98. The summed E-state index contributed by atoms with van der Waals surface area (Å²) in [4.78, 5) is 10.8. The molecule has 2 rings (SSSR count). The van der Waals surface area contributed by atoms with Gasteiger partial charge in [0.05, 0.1) is 0 Å². The molecule has 2 nitrogen and oxygen atoms in total. The maximum absolute atomic E-state index is 10.8. The van der Waals surface area contributed by atoms with Gasteiger partial charge in [0, 0.05) is 11.1 Å². The van der Waals surface area contributed by atoms with Gasteiger partial charge in [0.15, 0.2) is 0 Å². The molecule has 1 saturated carbocycles. The topological polar surface area (TPSA) is 43.1 Å². The summed E-state index contributed by atoms with van der Waals surface area (Å²) in [5, 5.41) is 0. The molecular weight excluding hydrogens is 162 g/mol. The zero-order chi connectivity index (χ0) is 9.47. The standard InChI is InChI=1S/C11H13NO/c1-8-2-3-10(9(6-8)7-13)11(12)4-5-11/h2-3,6-7H,4-5,12H2,1H3. The Labute approximate surface area is 77.8 Å². The first-order valence-corrected chi connectivity index (χ1v) is 4.51. The van der Waals surface area contributed by atoms with Crippen LogP contribution in [0.25, 0.3) is 0 Å². The van der Waals surface area contributed by atoms with Crippen molar-refractivity contribution in [1.82, 2.24) is 0 Å². The minimum Gasteiger partial charge on any atom is -0.321 e. The Kier molecular flexibility index (Phi) is 1.74. The minimum absolute atomic E-state index is 0.204. The monoisotopic (exact) mass is 175 g/mol. The second-order valence-corrected chi connectivity index (χ2v) is 3.86. The molecule has 1 aliphatic rings. The Balaban J connectivity index is 2.50. The van der Waals surface area contributed by atoms with Gasteiger partial charge < -0.3 is 5.73 Å². The molecule has 0 bridgehead atoms. The molecule has 2 heteroatoms. The summed E-state index contributed by atoms with van der Waals surface area (Å²) in [7, 11) is 0. The zero-order valence-corrected chi connectivity index (χ0v) is 7.71. The molecule has 1 fully saturated rings. The Morgan fingerprint density at radius 2 is 2.15 bits per heavy atom. The lowest BCUT2D eigenvalue weighted by Crippen LogP contribution is -2.20. The number of benzene rings is 1. The van der Waals surface area contributed by atoms with E-state index >= 15 is 0 Å². The molecule has 1 aromatic rings. The summed E-state index contributed by atoms with van der Waals surface area (Å²) < 4.78 is 0. The predicted octanol–water partition coefficient (Wildman–Crippen LogP) is 1.76. The molecule has 0 aliphatic heterocycles. The van der Waals surface area contributed by atoms with E-state index in [-0.39, 0.29) is 5.54 Å². The summed E-state index contributed by atoms with van der Waals surface area (Å²) in [6, 6.07) is 5.89. The van der Waals surface area contributed by atoms with E-state index in [1.54, 1.807) is 0 Å². The third-order valence-electron chi connectivity index (χ3n) is 2.66. The van der Waals surface area contributed by atoms with Gasteiger partial charge in [0.25, 0.3) is 0 Å². The fraction of sp³-hybridized carbons (Fsp3) is 0.364. The van der Waals surface area contributed by atoms with Gasteiger partial charge in [-0.1, -0.05) is 17.7 Å². The van der Waals surface area contributed by atoms with Gasteiger partial charge in [-0.2, -0.15) is 0 Å². The molecule has 0 radical (unpaired) electrons. The first kappa shape index (κ1) is 8.45. The third kappa shape index (κ3) is 1.38. The summed E-state index contributed by atoms with van der Waals surface area (Å²) >= 11 is 0. The number of hydrogen-bond donors (Lipinski definition) is 1. The van der Waals surface area contributed by atoms with Crippen molar-refractivity contribution >= 4 is 6.29 Å². The molecule has 68 valence electrons. The number of rotatable bonds is 2. The largest absolute Gasteiger partial charge is 0.321 e. The second kappa shape index (κ2) is 2.67. The summed E-state index contributed by atoms with van der Waals surface area (Å²) in [5.74, 6) is 0. The van der Waals surface area contributed by atoms with E-state index in [0.29, 0.717) is 0 Å². The van der Waals surface area contributed by atoms with Crippen molar-refractivity contribution in [2.75, 3.05) is 0 Å². The molecule has 1 aromatic carbocycles. The van der Waals surface area contributed by atoms with Gasteiger partial charge in [-0.3, -0.25) is 4.79 Å². The Morgan fingerprint density at radius 1 is 1.46 bits per heavy atom. The zero-order valence-electron chi connectivity index (χ0n) is 7.71. The Hall–Kier alpha value is -1.15. The first-order chi connectivity index (χ1) is 6.15. The molecular formula is C11H13NO. The van der Waals surface area contributed by atoms with E-state index in [1.807, 2.05) is 25.1 Å². The number of hydrogen-bond acceptors (Lipinski definition) is 2. The number of carbonyl (C=O) groups is 1. The van der Waals surface area contributed by atoms with Crippen molar-refractivity contribution in [3.8, 4) is 0 Å². The predicted molar refractivity (Wildman–Crippen MR) is 51.7 cm³/mol. The maximum Gasteiger partial charge on any atom is 0.150 e. The van der Waals surface area contributed by atoms with Crippen LogP contribution < -0.4 is 5.73 Å². The van der Waals surface area contributed by atoms with Crippen LogP contribution in [0, 0.1) is 6.92 Å². The Morgan fingerprint density at radius 3 is 2.69 bits per heavy atom. The second-order valence-electron chi connectivity index (χ2n) is 3.86. The van der Waals surface area contributed by atoms with Gasteiger partial charge in [-0.25, -0.2) is 0 Å². The lowest BCUT2D eigenvalue weighted by molar-refractivity contribution is 0.112. The lowest BCUT2D eigenvalue weighted by Gasteiger charge is -2.11. The number of aryl methyl sites for hydroxylation is 1. The van der Waals surface area contributed by atoms with Crippen LogP contribution in [0.4, 0.5) is 0 Å². The van der Waals surface area contributed by atoms with Gasteiger partial charge >= 0.3 is 0 Å². The van der Waals surface area contributed by atoms with Crippen molar-refractivity contribution in [3.63, 3.8) is 0 Å². The maximum atomic E-state index is 10.8. The van der Waals surface area contributed by atoms with E-state index in [0.717, 1.165) is 35.8 Å². The van der Waals surface area contributed by atoms with Crippen LogP contribution >= 0.6 is 0 Å². The molecule has 0 spiro atoms. The molecule has 1 aliphatic carbocycles. The fourth-order valence-electron chi connectivity index (χ4n) is 1.64. The van der Waals surface area contributed by atoms with Crippen LogP contribution in [0.2, 0.25) is 0 Å².